The van der Waals surface area contributed by atoms with Crippen molar-refractivity contribution < 1.29 is 22.7 Å². The average Bonchev–Trinajstić information content (AvgIpc) is 3.22. The van der Waals surface area contributed by atoms with Crippen LogP contribution >= 0.6 is 11.8 Å². The second kappa shape index (κ2) is 8.29. The summed E-state index contributed by atoms with van der Waals surface area (Å²) < 4.78 is 38.1. The molecule has 0 unspecified atom stereocenters. The number of rotatable bonds is 6. The number of fused-ring (bicyclic) bond motifs is 1. The summed E-state index contributed by atoms with van der Waals surface area (Å²) in [5.41, 5.74) is 1.33. The summed E-state index contributed by atoms with van der Waals surface area (Å²) in [6, 6.07) is 17.9. The molecule has 154 valence electrons. The van der Waals surface area contributed by atoms with Crippen LogP contribution in [0.1, 0.15) is 10.4 Å². The second-order valence-electron chi connectivity index (χ2n) is 6.38. The van der Waals surface area contributed by atoms with Gasteiger partial charge in [-0.2, -0.15) is 0 Å². The molecule has 9 heteroatoms. The lowest BCUT2D eigenvalue weighted by molar-refractivity contribution is 0.102. The zero-order chi connectivity index (χ0) is 21.1. The van der Waals surface area contributed by atoms with Crippen LogP contribution in [0, 0.1) is 0 Å². The summed E-state index contributed by atoms with van der Waals surface area (Å²) >= 11 is 1.54. The van der Waals surface area contributed by atoms with Crippen LogP contribution in [0.5, 0.6) is 11.5 Å². The quantitative estimate of drug-likeness (QED) is 0.556. The molecule has 0 saturated heterocycles. The third-order valence-electron chi connectivity index (χ3n) is 4.40. The zero-order valence-corrected chi connectivity index (χ0v) is 17.5. The van der Waals surface area contributed by atoms with E-state index in [1.807, 2.05) is 6.26 Å². The molecule has 0 fully saturated rings. The summed E-state index contributed by atoms with van der Waals surface area (Å²) in [6.45, 7) is 0.159. The highest BCUT2D eigenvalue weighted by Gasteiger charge is 2.16. The Kier molecular flexibility index (Phi) is 5.56. The molecule has 3 aromatic carbocycles. The van der Waals surface area contributed by atoms with Gasteiger partial charge in [-0.05, 0) is 66.9 Å². The standard InChI is InChI=1S/C21H18N2O5S2/c1-29-17-7-9-18(10-8-17)30(25,26)23-15-4-2-14(3-5-15)21(24)22-16-6-11-19-20(12-16)28-13-27-19/h2-12,23H,13H2,1H3,(H,22,24). The predicted octanol–water partition coefficient (Wildman–Crippen LogP) is 4.19. The van der Waals surface area contributed by atoms with Gasteiger partial charge in [0.05, 0.1) is 4.90 Å². The van der Waals surface area contributed by atoms with E-state index in [-0.39, 0.29) is 17.6 Å². The molecular formula is C21H18N2O5S2. The summed E-state index contributed by atoms with van der Waals surface area (Å²) in [6.07, 6.45) is 1.92. The van der Waals surface area contributed by atoms with Gasteiger partial charge in [-0.1, -0.05) is 0 Å². The fourth-order valence-electron chi connectivity index (χ4n) is 2.84. The van der Waals surface area contributed by atoms with E-state index in [2.05, 4.69) is 10.0 Å². The van der Waals surface area contributed by atoms with E-state index < -0.39 is 10.0 Å². The highest BCUT2D eigenvalue weighted by Crippen LogP contribution is 2.34. The van der Waals surface area contributed by atoms with Crippen molar-refractivity contribution in [3.8, 4) is 11.5 Å². The molecule has 0 aliphatic carbocycles. The SMILES string of the molecule is CSc1ccc(S(=O)(=O)Nc2ccc(C(=O)Nc3ccc4c(c3)OCO4)cc2)cc1. The Hall–Kier alpha value is -3.17. The van der Waals surface area contributed by atoms with Gasteiger partial charge in [0.1, 0.15) is 0 Å². The Balaban J connectivity index is 1.43. The number of amides is 1. The summed E-state index contributed by atoms with van der Waals surface area (Å²) in [5.74, 6) is 0.881. The van der Waals surface area contributed by atoms with Crippen LogP contribution in [0.4, 0.5) is 11.4 Å². The first-order valence-electron chi connectivity index (χ1n) is 8.92. The molecule has 0 bridgehead atoms. The Morgan fingerprint density at radius 2 is 1.57 bits per heavy atom. The number of carbonyl (C=O) groups excluding carboxylic acids is 1. The summed E-state index contributed by atoms with van der Waals surface area (Å²) in [5, 5.41) is 2.78. The van der Waals surface area contributed by atoms with Gasteiger partial charge in [0, 0.05) is 27.9 Å². The molecule has 4 rings (SSSR count). The molecule has 3 aromatic rings. The average molecular weight is 443 g/mol. The van der Waals surface area contributed by atoms with Gasteiger partial charge in [0.15, 0.2) is 11.5 Å². The van der Waals surface area contributed by atoms with E-state index in [4.69, 9.17) is 9.47 Å². The number of thioether (sulfide) groups is 1. The van der Waals surface area contributed by atoms with E-state index in [9.17, 15) is 13.2 Å². The van der Waals surface area contributed by atoms with E-state index in [0.29, 0.717) is 28.4 Å². The normalized spacial score (nSPS) is 12.4. The van der Waals surface area contributed by atoms with Crippen molar-refractivity contribution in [1.29, 1.82) is 0 Å². The highest BCUT2D eigenvalue weighted by atomic mass is 32.2. The Morgan fingerprint density at radius 1 is 0.900 bits per heavy atom. The van der Waals surface area contributed by atoms with Gasteiger partial charge in [-0.3, -0.25) is 9.52 Å². The molecule has 0 atom stereocenters. The fraction of sp³-hybridized carbons (Fsp3) is 0.0952. The van der Waals surface area contributed by atoms with Crippen LogP contribution in [0.15, 0.2) is 76.5 Å². The lowest BCUT2D eigenvalue weighted by atomic mass is 10.2. The largest absolute Gasteiger partial charge is 0.454 e. The molecule has 0 radical (unpaired) electrons. The highest BCUT2D eigenvalue weighted by molar-refractivity contribution is 7.98. The van der Waals surface area contributed by atoms with Crippen molar-refractivity contribution >= 4 is 39.1 Å². The first-order chi connectivity index (χ1) is 14.4. The van der Waals surface area contributed by atoms with Crippen LogP contribution in [-0.2, 0) is 10.0 Å². The van der Waals surface area contributed by atoms with Crippen LogP contribution in [-0.4, -0.2) is 27.4 Å². The van der Waals surface area contributed by atoms with Gasteiger partial charge < -0.3 is 14.8 Å². The minimum atomic E-state index is -3.71. The Morgan fingerprint density at radius 3 is 2.27 bits per heavy atom. The summed E-state index contributed by atoms with van der Waals surface area (Å²) in [4.78, 5) is 13.6. The lowest BCUT2D eigenvalue weighted by Gasteiger charge is -2.10. The third kappa shape index (κ3) is 4.37. The molecular weight excluding hydrogens is 424 g/mol. The molecule has 7 nitrogen and oxygen atoms in total. The van der Waals surface area contributed by atoms with Crippen molar-refractivity contribution in [3.05, 3.63) is 72.3 Å². The molecule has 0 spiro atoms. The van der Waals surface area contributed by atoms with Gasteiger partial charge in [-0.15, -0.1) is 11.8 Å². The van der Waals surface area contributed by atoms with Gasteiger partial charge in [-0.25, -0.2) is 8.42 Å². The molecule has 1 heterocycles. The number of benzene rings is 3. The Bertz CT molecular complexity index is 1180. The second-order valence-corrected chi connectivity index (χ2v) is 8.94. The van der Waals surface area contributed by atoms with Crippen LogP contribution in [0.2, 0.25) is 0 Å². The number of sulfonamides is 1. The van der Waals surface area contributed by atoms with Crippen molar-refractivity contribution in [2.75, 3.05) is 23.1 Å². The van der Waals surface area contributed by atoms with Gasteiger partial charge >= 0.3 is 0 Å². The minimum absolute atomic E-state index is 0.159. The number of hydrogen-bond donors (Lipinski definition) is 2. The molecule has 0 aromatic heterocycles. The first kappa shape index (κ1) is 20.1. The van der Waals surface area contributed by atoms with Crippen molar-refractivity contribution in [3.63, 3.8) is 0 Å². The molecule has 0 saturated carbocycles. The number of carbonyl (C=O) groups is 1. The van der Waals surface area contributed by atoms with Crippen LogP contribution in [0.25, 0.3) is 0 Å². The monoisotopic (exact) mass is 442 g/mol. The van der Waals surface area contributed by atoms with Crippen molar-refractivity contribution in [2.24, 2.45) is 0 Å². The molecule has 1 aliphatic heterocycles. The maximum atomic E-state index is 12.5. The maximum Gasteiger partial charge on any atom is 0.261 e. The molecule has 2 N–H and O–H groups in total. The van der Waals surface area contributed by atoms with E-state index >= 15 is 0 Å². The topological polar surface area (TPSA) is 93.7 Å². The molecule has 1 aliphatic rings. The number of anilines is 2. The van der Waals surface area contributed by atoms with E-state index in [1.54, 1.807) is 66.7 Å². The number of hydrogen-bond acceptors (Lipinski definition) is 6. The fourth-order valence-corrected chi connectivity index (χ4v) is 4.30. The third-order valence-corrected chi connectivity index (χ3v) is 6.54. The zero-order valence-electron chi connectivity index (χ0n) is 15.9. The molecule has 1 amide bonds. The first-order valence-corrected chi connectivity index (χ1v) is 11.6. The van der Waals surface area contributed by atoms with Crippen molar-refractivity contribution in [2.45, 2.75) is 9.79 Å². The van der Waals surface area contributed by atoms with Gasteiger partial charge in [0.2, 0.25) is 6.79 Å². The van der Waals surface area contributed by atoms with E-state index in [0.717, 1.165) is 4.90 Å². The van der Waals surface area contributed by atoms with E-state index in [1.165, 1.54) is 11.8 Å². The smallest absolute Gasteiger partial charge is 0.261 e. The minimum Gasteiger partial charge on any atom is -0.454 e. The number of ether oxygens (including phenoxy) is 2. The van der Waals surface area contributed by atoms with Crippen LogP contribution < -0.4 is 19.5 Å². The summed E-state index contributed by atoms with van der Waals surface area (Å²) in [7, 11) is -3.71. The van der Waals surface area contributed by atoms with Gasteiger partial charge in [0.25, 0.3) is 15.9 Å². The van der Waals surface area contributed by atoms with Crippen LogP contribution in [0.3, 0.4) is 0 Å². The maximum absolute atomic E-state index is 12.5. The predicted molar refractivity (Wildman–Crippen MR) is 116 cm³/mol. The van der Waals surface area contributed by atoms with Crippen molar-refractivity contribution in [1.82, 2.24) is 0 Å². The lowest BCUT2D eigenvalue weighted by Crippen LogP contribution is -2.14. The molecule has 30 heavy (non-hydrogen) atoms. The Labute approximate surface area is 178 Å². The number of nitrogens with one attached hydrogen (secondary N) is 2.